The number of phenols is 2. The molecule has 0 aliphatic heterocycles. The molecule has 0 saturated heterocycles. The Balaban J connectivity index is 0.000000450. The molecular weight excluding hydrogens is 212 g/mol. The van der Waals surface area contributed by atoms with Crippen LogP contribution in [0.15, 0.2) is 36.4 Å². The molecule has 2 nitrogen and oxygen atoms in total. The molecule has 0 amide bonds. The van der Waals surface area contributed by atoms with Crippen LogP contribution in [0.1, 0.15) is 34.1 Å². The highest BCUT2D eigenvalue weighted by atomic mass is 16.3. The van der Waals surface area contributed by atoms with Crippen LogP contribution in [-0.4, -0.2) is 10.2 Å². The van der Waals surface area contributed by atoms with Crippen LogP contribution in [0.4, 0.5) is 0 Å². The van der Waals surface area contributed by atoms with E-state index in [-0.39, 0.29) is 11.5 Å². The van der Waals surface area contributed by atoms with Crippen molar-refractivity contribution in [2.45, 2.75) is 34.1 Å². The lowest BCUT2D eigenvalue weighted by Crippen LogP contribution is -1.71. The van der Waals surface area contributed by atoms with E-state index >= 15 is 0 Å². The Bertz CT molecular complexity index is 399. The Labute approximate surface area is 104 Å². The second kappa shape index (κ2) is 8.45. The normalized spacial score (nSPS) is 8.71. The molecule has 2 N–H and O–H groups in total. The van der Waals surface area contributed by atoms with Gasteiger partial charge in [-0.05, 0) is 35.0 Å². The van der Waals surface area contributed by atoms with Gasteiger partial charge in [0.2, 0.25) is 0 Å². The summed E-state index contributed by atoms with van der Waals surface area (Å²) in [4.78, 5) is 0. The first-order valence-corrected chi connectivity index (χ1v) is 6.09. The van der Waals surface area contributed by atoms with Crippen LogP contribution in [0.5, 0.6) is 11.5 Å². The van der Waals surface area contributed by atoms with Gasteiger partial charge in [0.25, 0.3) is 0 Å². The Hall–Kier alpha value is -1.70. The van der Waals surface area contributed by atoms with Gasteiger partial charge in [-0.25, -0.2) is 0 Å². The smallest absolute Gasteiger partial charge is 0.116 e. The number of hydrogen-bond acceptors (Lipinski definition) is 2. The summed E-state index contributed by atoms with van der Waals surface area (Å²) in [5.74, 6) is 0.432. The van der Waals surface area contributed by atoms with Crippen LogP contribution in [0.2, 0.25) is 0 Å². The zero-order chi connectivity index (χ0) is 13.3. The molecule has 0 aromatic heterocycles. The molecule has 2 aromatic rings. The van der Waals surface area contributed by atoms with Crippen molar-refractivity contribution in [2.75, 3.05) is 0 Å². The Kier molecular flexibility index (Phi) is 7.61. The first-order valence-electron chi connectivity index (χ1n) is 6.09. The van der Waals surface area contributed by atoms with Gasteiger partial charge >= 0.3 is 0 Å². The minimum atomic E-state index is 0.216. The molecule has 0 radical (unpaired) electrons. The highest BCUT2D eigenvalue weighted by Gasteiger charge is 1.95. The number of rotatable bonds is 0. The van der Waals surface area contributed by atoms with Gasteiger partial charge in [0.1, 0.15) is 11.5 Å². The molecule has 0 fully saturated rings. The van der Waals surface area contributed by atoms with E-state index in [1.165, 1.54) is 6.42 Å². The van der Waals surface area contributed by atoms with Gasteiger partial charge in [0.15, 0.2) is 0 Å². The molecule has 0 unspecified atom stereocenters. The Morgan fingerprint density at radius 1 is 0.765 bits per heavy atom. The summed E-state index contributed by atoms with van der Waals surface area (Å²) in [5, 5.41) is 20.1. The van der Waals surface area contributed by atoms with Gasteiger partial charge in [-0.15, -0.1) is 0 Å². The SMILES string of the molecule is CC.CCC.Oc1ccc2ccc(O)cc2c1. The van der Waals surface area contributed by atoms with Crippen LogP contribution in [0.3, 0.4) is 0 Å². The van der Waals surface area contributed by atoms with Crippen molar-refractivity contribution in [3.8, 4) is 11.5 Å². The summed E-state index contributed by atoms with van der Waals surface area (Å²) >= 11 is 0. The number of aromatic hydroxyl groups is 2. The average molecular weight is 234 g/mol. The molecule has 17 heavy (non-hydrogen) atoms. The fraction of sp³-hybridized carbons (Fsp3) is 0.333. The minimum Gasteiger partial charge on any atom is -0.508 e. The molecule has 0 heterocycles. The quantitative estimate of drug-likeness (QED) is 0.694. The number of hydrogen-bond donors (Lipinski definition) is 2. The van der Waals surface area contributed by atoms with Crippen molar-refractivity contribution in [3.63, 3.8) is 0 Å². The van der Waals surface area contributed by atoms with Crippen molar-refractivity contribution >= 4 is 10.8 Å². The van der Waals surface area contributed by atoms with Crippen LogP contribution in [0.25, 0.3) is 10.8 Å². The van der Waals surface area contributed by atoms with E-state index in [2.05, 4.69) is 13.8 Å². The average Bonchev–Trinajstić information content (AvgIpc) is 2.32. The van der Waals surface area contributed by atoms with Gasteiger partial charge < -0.3 is 10.2 Å². The standard InChI is InChI=1S/C10H8O2.C3H8.C2H6/c11-9-3-1-7-2-4-10(12)6-8(7)5-9;1-3-2;1-2/h1-6,11-12H;3H2,1-2H3;1-2H3. The Morgan fingerprint density at radius 3 is 1.47 bits per heavy atom. The van der Waals surface area contributed by atoms with E-state index in [1.807, 2.05) is 26.0 Å². The Morgan fingerprint density at radius 2 is 1.12 bits per heavy atom. The first-order chi connectivity index (χ1) is 8.17. The number of fused-ring (bicyclic) bond motifs is 1. The minimum absolute atomic E-state index is 0.216. The molecule has 0 spiro atoms. The van der Waals surface area contributed by atoms with E-state index in [0.29, 0.717) is 0 Å². The third kappa shape index (κ3) is 5.25. The molecule has 2 aromatic carbocycles. The van der Waals surface area contributed by atoms with Gasteiger partial charge in [0, 0.05) is 0 Å². The molecule has 2 rings (SSSR count). The molecule has 0 saturated carbocycles. The van der Waals surface area contributed by atoms with E-state index in [0.717, 1.165) is 10.8 Å². The summed E-state index contributed by atoms with van der Waals surface area (Å²) < 4.78 is 0. The van der Waals surface area contributed by atoms with Gasteiger partial charge in [-0.2, -0.15) is 0 Å². The molecule has 0 bridgehead atoms. The summed E-state index contributed by atoms with van der Waals surface area (Å²) in [6.45, 7) is 8.25. The van der Waals surface area contributed by atoms with E-state index in [1.54, 1.807) is 24.3 Å². The second-order valence-electron chi connectivity index (χ2n) is 3.42. The second-order valence-corrected chi connectivity index (χ2v) is 3.42. The third-order valence-corrected chi connectivity index (χ3v) is 1.81. The van der Waals surface area contributed by atoms with E-state index in [4.69, 9.17) is 10.2 Å². The lowest BCUT2D eigenvalue weighted by molar-refractivity contribution is 0.474. The summed E-state index contributed by atoms with van der Waals surface area (Å²) in [6, 6.07) is 10.1. The highest BCUT2D eigenvalue weighted by Crippen LogP contribution is 2.23. The van der Waals surface area contributed by atoms with Crippen LogP contribution in [0, 0.1) is 0 Å². The van der Waals surface area contributed by atoms with Gasteiger partial charge in [0.05, 0.1) is 0 Å². The van der Waals surface area contributed by atoms with E-state index in [9.17, 15) is 0 Å². The molecule has 0 atom stereocenters. The zero-order valence-electron chi connectivity index (χ0n) is 11.1. The van der Waals surface area contributed by atoms with Crippen molar-refractivity contribution in [1.82, 2.24) is 0 Å². The number of benzene rings is 2. The lowest BCUT2D eigenvalue weighted by Gasteiger charge is -1.98. The summed E-state index contributed by atoms with van der Waals surface area (Å²) in [6.07, 6.45) is 1.25. The van der Waals surface area contributed by atoms with Gasteiger partial charge in [-0.3, -0.25) is 0 Å². The lowest BCUT2D eigenvalue weighted by atomic mass is 10.1. The molecule has 2 heteroatoms. The molecule has 94 valence electrons. The van der Waals surface area contributed by atoms with Crippen LogP contribution >= 0.6 is 0 Å². The maximum absolute atomic E-state index is 9.14. The predicted octanol–water partition coefficient (Wildman–Crippen LogP) is 4.69. The van der Waals surface area contributed by atoms with Crippen molar-refractivity contribution in [1.29, 1.82) is 0 Å². The van der Waals surface area contributed by atoms with Crippen LogP contribution < -0.4 is 0 Å². The monoisotopic (exact) mass is 234 g/mol. The maximum Gasteiger partial charge on any atom is 0.116 e. The molecular formula is C15H22O2. The highest BCUT2D eigenvalue weighted by molar-refractivity contribution is 5.84. The van der Waals surface area contributed by atoms with Crippen molar-refractivity contribution in [2.24, 2.45) is 0 Å². The third-order valence-electron chi connectivity index (χ3n) is 1.81. The maximum atomic E-state index is 9.14. The fourth-order valence-corrected chi connectivity index (χ4v) is 1.22. The van der Waals surface area contributed by atoms with Crippen molar-refractivity contribution in [3.05, 3.63) is 36.4 Å². The van der Waals surface area contributed by atoms with E-state index < -0.39 is 0 Å². The fourth-order valence-electron chi connectivity index (χ4n) is 1.22. The zero-order valence-corrected chi connectivity index (χ0v) is 11.1. The first kappa shape index (κ1) is 15.3. The number of phenolic OH excluding ortho intramolecular Hbond substituents is 2. The van der Waals surface area contributed by atoms with Crippen LogP contribution in [-0.2, 0) is 0 Å². The summed E-state index contributed by atoms with van der Waals surface area (Å²) in [7, 11) is 0. The van der Waals surface area contributed by atoms with Crippen molar-refractivity contribution < 1.29 is 10.2 Å². The van der Waals surface area contributed by atoms with Gasteiger partial charge in [-0.1, -0.05) is 46.2 Å². The predicted molar refractivity (Wildman–Crippen MR) is 74.6 cm³/mol. The molecule has 0 aliphatic carbocycles. The topological polar surface area (TPSA) is 40.5 Å². The largest absolute Gasteiger partial charge is 0.508 e. The summed E-state index contributed by atoms with van der Waals surface area (Å²) in [5.41, 5.74) is 0. The molecule has 0 aliphatic rings.